The summed E-state index contributed by atoms with van der Waals surface area (Å²) in [6.45, 7) is 9.23. The first-order valence-corrected chi connectivity index (χ1v) is 9.48. The van der Waals surface area contributed by atoms with Crippen LogP contribution in [0.25, 0.3) is 11.1 Å². The van der Waals surface area contributed by atoms with Crippen molar-refractivity contribution in [3.05, 3.63) is 53.3 Å². The Bertz CT molecular complexity index is 772. The Morgan fingerprint density at radius 2 is 2.15 bits per heavy atom. The van der Waals surface area contributed by atoms with Gasteiger partial charge in [-0.15, -0.1) is 0 Å². The first-order chi connectivity index (χ1) is 12.6. The highest BCUT2D eigenvalue weighted by Crippen LogP contribution is 2.26. The third kappa shape index (κ3) is 4.31. The first kappa shape index (κ1) is 18.6. The van der Waals surface area contributed by atoms with Crippen molar-refractivity contribution in [3.63, 3.8) is 0 Å². The fourth-order valence-corrected chi connectivity index (χ4v) is 3.70. The quantitative estimate of drug-likeness (QED) is 0.759. The first-order valence-electron chi connectivity index (χ1n) is 9.48. The number of likely N-dealkylation sites (tertiary alicyclic amines) is 1. The van der Waals surface area contributed by atoms with Gasteiger partial charge >= 0.3 is 5.97 Å². The molecule has 2 heterocycles. The van der Waals surface area contributed by atoms with Gasteiger partial charge in [0, 0.05) is 31.0 Å². The molecule has 3 rings (SSSR count). The van der Waals surface area contributed by atoms with E-state index in [-0.39, 0.29) is 11.9 Å². The number of carbonyl (C=O) groups is 1. The second kappa shape index (κ2) is 8.45. The molecule has 0 spiro atoms. The Balaban J connectivity index is 1.73. The number of esters is 1. The average Bonchev–Trinajstić information content (AvgIpc) is 2.65. The van der Waals surface area contributed by atoms with Gasteiger partial charge in [-0.05, 0) is 68.5 Å². The van der Waals surface area contributed by atoms with Crippen LogP contribution in [-0.2, 0) is 16.1 Å². The molecular weight excluding hydrogens is 324 g/mol. The van der Waals surface area contributed by atoms with Gasteiger partial charge in [0.15, 0.2) is 0 Å². The summed E-state index contributed by atoms with van der Waals surface area (Å²) in [7, 11) is 0. The topological polar surface area (TPSA) is 42.4 Å². The zero-order valence-electron chi connectivity index (χ0n) is 16.0. The lowest BCUT2D eigenvalue weighted by Crippen LogP contribution is -2.38. The van der Waals surface area contributed by atoms with Crippen LogP contribution in [0.1, 0.15) is 36.5 Å². The number of hydrogen-bond donors (Lipinski definition) is 0. The maximum absolute atomic E-state index is 12.0. The molecule has 1 unspecified atom stereocenters. The second-order valence-electron chi connectivity index (χ2n) is 7.16. The number of benzene rings is 1. The highest BCUT2D eigenvalue weighted by atomic mass is 16.5. The van der Waals surface area contributed by atoms with E-state index in [0.717, 1.165) is 38.0 Å². The van der Waals surface area contributed by atoms with E-state index in [4.69, 9.17) is 4.74 Å². The van der Waals surface area contributed by atoms with Crippen LogP contribution in [0.5, 0.6) is 0 Å². The largest absolute Gasteiger partial charge is 0.466 e. The van der Waals surface area contributed by atoms with Crippen molar-refractivity contribution in [3.8, 4) is 11.1 Å². The predicted molar refractivity (Wildman–Crippen MR) is 104 cm³/mol. The van der Waals surface area contributed by atoms with Crippen LogP contribution in [0.4, 0.5) is 0 Å². The molecule has 4 heteroatoms. The van der Waals surface area contributed by atoms with E-state index in [1.807, 2.05) is 19.3 Å². The molecule has 0 amide bonds. The number of piperidine rings is 1. The van der Waals surface area contributed by atoms with E-state index in [1.54, 1.807) is 0 Å². The molecule has 0 bridgehead atoms. The van der Waals surface area contributed by atoms with Crippen LogP contribution in [0.15, 0.2) is 36.7 Å². The summed E-state index contributed by atoms with van der Waals surface area (Å²) in [5.41, 5.74) is 6.17. The van der Waals surface area contributed by atoms with Crippen LogP contribution < -0.4 is 0 Å². The zero-order valence-corrected chi connectivity index (χ0v) is 16.0. The number of ether oxygens (including phenoxy) is 1. The fraction of sp³-hybridized carbons (Fsp3) is 0.455. The minimum Gasteiger partial charge on any atom is -0.466 e. The Labute approximate surface area is 156 Å². The third-order valence-electron chi connectivity index (χ3n) is 5.24. The molecule has 1 aromatic carbocycles. The SMILES string of the molecule is CCOC(=O)C1CCCN(Cc2cncc(-c3cccc(C)c3C)c2)C1. The third-order valence-corrected chi connectivity index (χ3v) is 5.24. The van der Waals surface area contributed by atoms with Gasteiger partial charge in [0.1, 0.15) is 0 Å². The van der Waals surface area contributed by atoms with E-state index in [0.29, 0.717) is 6.61 Å². The minimum atomic E-state index is -0.0561. The zero-order chi connectivity index (χ0) is 18.5. The number of aromatic nitrogens is 1. The number of pyridine rings is 1. The number of hydrogen-bond acceptors (Lipinski definition) is 4. The summed E-state index contributed by atoms with van der Waals surface area (Å²) in [6.07, 6.45) is 5.83. The number of aryl methyl sites for hydroxylation is 1. The summed E-state index contributed by atoms with van der Waals surface area (Å²) in [5, 5.41) is 0. The number of nitrogens with zero attached hydrogens (tertiary/aromatic N) is 2. The van der Waals surface area contributed by atoms with Crippen molar-refractivity contribution >= 4 is 5.97 Å². The van der Waals surface area contributed by atoms with Gasteiger partial charge in [-0.1, -0.05) is 18.2 Å². The Morgan fingerprint density at radius 1 is 1.31 bits per heavy atom. The van der Waals surface area contributed by atoms with Crippen molar-refractivity contribution in [1.82, 2.24) is 9.88 Å². The van der Waals surface area contributed by atoms with Crippen molar-refractivity contribution < 1.29 is 9.53 Å². The van der Waals surface area contributed by atoms with E-state index in [1.165, 1.54) is 22.3 Å². The lowest BCUT2D eigenvalue weighted by molar-refractivity contribution is -0.150. The van der Waals surface area contributed by atoms with Crippen LogP contribution in [0, 0.1) is 19.8 Å². The van der Waals surface area contributed by atoms with Crippen LogP contribution in [-0.4, -0.2) is 35.5 Å². The predicted octanol–water partition coefficient (Wildman–Crippen LogP) is 4.14. The number of rotatable bonds is 5. The molecule has 1 aromatic heterocycles. The Hall–Kier alpha value is -2.20. The molecule has 26 heavy (non-hydrogen) atoms. The standard InChI is InChI=1S/C22H28N2O2/c1-4-26-22(25)19-8-6-10-24(15-19)14-18-11-20(13-23-12-18)21-9-5-7-16(2)17(21)3/h5,7,9,11-13,19H,4,6,8,10,14-15H2,1-3H3. The molecule has 0 N–H and O–H groups in total. The maximum atomic E-state index is 12.0. The minimum absolute atomic E-state index is 0.00106. The molecule has 0 aliphatic carbocycles. The molecule has 0 radical (unpaired) electrons. The Kier molecular flexibility index (Phi) is 6.04. The van der Waals surface area contributed by atoms with Gasteiger partial charge in [0.05, 0.1) is 12.5 Å². The lowest BCUT2D eigenvalue weighted by Gasteiger charge is -2.31. The molecule has 1 atom stereocenters. The summed E-state index contributed by atoms with van der Waals surface area (Å²) >= 11 is 0. The van der Waals surface area contributed by atoms with E-state index < -0.39 is 0 Å². The van der Waals surface area contributed by atoms with Gasteiger partial charge in [-0.3, -0.25) is 14.7 Å². The molecule has 1 saturated heterocycles. The number of carbonyl (C=O) groups excluding carboxylic acids is 1. The van der Waals surface area contributed by atoms with Gasteiger partial charge in [-0.2, -0.15) is 0 Å². The second-order valence-corrected chi connectivity index (χ2v) is 7.16. The van der Waals surface area contributed by atoms with Gasteiger partial charge in [-0.25, -0.2) is 0 Å². The van der Waals surface area contributed by atoms with Crippen molar-refractivity contribution in [2.24, 2.45) is 5.92 Å². The molecule has 1 aliphatic heterocycles. The summed E-state index contributed by atoms with van der Waals surface area (Å²) in [6, 6.07) is 8.61. The molecular formula is C22H28N2O2. The summed E-state index contributed by atoms with van der Waals surface area (Å²) in [5.74, 6) is -0.0571. The maximum Gasteiger partial charge on any atom is 0.310 e. The fourth-order valence-electron chi connectivity index (χ4n) is 3.70. The van der Waals surface area contributed by atoms with Gasteiger partial charge in [0.25, 0.3) is 0 Å². The van der Waals surface area contributed by atoms with Crippen LogP contribution in [0.3, 0.4) is 0 Å². The highest BCUT2D eigenvalue weighted by Gasteiger charge is 2.26. The summed E-state index contributed by atoms with van der Waals surface area (Å²) in [4.78, 5) is 18.8. The van der Waals surface area contributed by atoms with Crippen LogP contribution in [0.2, 0.25) is 0 Å². The molecule has 1 fully saturated rings. The Morgan fingerprint density at radius 3 is 2.96 bits per heavy atom. The lowest BCUT2D eigenvalue weighted by atomic mass is 9.96. The van der Waals surface area contributed by atoms with E-state index in [2.05, 4.69) is 48.0 Å². The normalized spacial score (nSPS) is 17.9. The van der Waals surface area contributed by atoms with Gasteiger partial charge in [0.2, 0.25) is 0 Å². The molecule has 1 aliphatic rings. The molecule has 138 valence electrons. The molecule has 0 saturated carbocycles. The molecule has 2 aromatic rings. The molecule has 4 nitrogen and oxygen atoms in total. The highest BCUT2D eigenvalue weighted by molar-refractivity contribution is 5.72. The van der Waals surface area contributed by atoms with E-state index in [9.17, 15) is 4.79 Å². The van der Waals surface area contributed by atoms with Crippen molar-refractivity contribution in [1.29, 1.82) is 0 Å². The van der Waals surface area contributed by atoms with Crippen LogP contribution >= 0.6 is 0 Å². The van der Waals surface area contributed by atoms with Crippen molar-refractivity contribution in [2.75, 3.05) is 19.7 Å². The van der Waals surface area contributed by atoms with E-state index >= 15 is 0 Å². The monoisotopic (exact) mass is 352 g/mol. The van der Waals surface area contributed by atoms with Gasteiger partial charge < -0.3 is 4.74 Å². The average molecular weight is 352 g/mol. The smallest absolute Gasteiger partial charge is 0.310 e. The van der Waals surface area contributed by atoms with Crippen molar-refractivity contribution in [2.45, 2.75) is 40.2 Å². The summed E-state index contributed by atoms with van der Waals surface area (Å²) < 4.78 is 5.20.